The summed E-state index contributed by atoms with van der Waals surface area (Å²) in [6.45, 7) is 2.95. The molecule has 0 atom stereocenters. The standard InChI is InChI=1S/C22H23N3O3S/c1-2-28-20-8-4-3-7-19(20)25-22(27)24-17-11-9-16(10-12-17)14-21(26)23-15-18-6-5-13-29-18/h3-13H,2,14-15H2,1H3,(H,23,26)(H2,24,25,27). The van der Waals surface area contributed by atoms with Gasteiger partial charge in [0.15, 0.2) is 0 Å². The molecule has 3 N–H and O–H groups in total. The van der Waals surface area contributed by atoms with Gasteiger partial charge in [-0.2, -0.15) is 0 Å². The molecule has 150 valence electrons. The molecule has 0 bridgehead atoms. The molecule has 0 fully saturated rings. The topological polar surface area (TPSA) is 79.5 Å². The van der Waals surface area contributed by atoms with Gasteiger partial charge in [-0.3, -0.25) is 4.79 Å². The van der Waals surface area contributed by atoms with Gasteiger partial charge in [0, 0.05) is 10.6 Å². The Hall–Kier alpha value is -3.32. The Morgan fingerprint density at radius 1 is 0.966 bits per heavy atom. The highest BCUT2D eigenvalue weighted by atomic mass is 32.1. The molecule has 0 aliphatic heterocycles. The maximum atomic E-state index is 12.3. The molecule has 3 rings (SSSR count). The third-order valence-electron chi connectivity index (χ3n) is 4.05. The highest BCUT2D eigenvalue weighted by Gasteiger charge is 2.08. The molecule has 6 nitrogen and oxygen atoms in total. The Morgan fingerprint density at radius 3 is 2.48 bits per heavy atom. The Balaban J connectivity index is 1.49. The van der Waals surface area contributed by atoms with E-state index in [4.69, 9.17) is 4.74 Å². The van der Waals surface area contributed by atoms with Crippen LogP contribution in [0.25, 0.3) is 0 Å². The summed E-state index contributed by atoms with van der Waals surface area (Å²) in [6, 6.07) is 18.1. The minimum Gasteiger partial charge on any atom is -0.492 e. The quantitative estimate of drug-likeness (QED) is 0.507. The van der Waals surface area contributed by atoms with E-state index in [9.17, 15) is 9.59 Å². The Bertz CT molecular complexity index is 940. The molecule has 3 aromatic rings. The van der Waals surface area contributed by atoms with Crippen LogP contribution in [0.15, 0.2) is 66.0 Å². The van der Waals surface area contributed by atoms with E-state index in [1.54, 1.807) is 35.6 Å². The van der Waals surface area contributed by atoms with Crippen LogP contribution >= 0.6 is 11.3 Å². The molecule has 0 saturated carbocycles. The van der Waals surface area contributed by atoms with E-state index in [1.807, 2.05) is 48.7 Å². The third-order valence-corrected chi connectivity index (χ3v) is 4.93. The van der Waals surface area contributed by atoms with Crippen molar-refractivity contribution in [1.29, 1.82) is 0 Å². The van der Waals surface area contributed by atoms with Gasteiger partial charge in [-0.05, 0) is 48.2 Å². The monoisotopic (exact) mass is 409 g/mol. The Kier molecular flexibility index (Phi) is 7.24. The normalized spacial score (nSPS) is 10.2. The average molecular weight is 410 g/mol. The molecule has 7 heteroatoms. The zero-order valence-corrected chi connectivity index (χ0v) is 16.9. The van der Waals surface area contributed by atoms with Gasteiger partial charge in [0.1, 0.15) is 5.75 Å². The van der Waals surface area contributed by atoms with Crippen LogP contribution in [0, 0.1) is 0 Å². The van der Waals surface area contributed by atoms with E-state index in [2.05, 4.69) is 16.0 Å². The van der Waals surface area contributed by atoms with Gasteiger partial charge >= 0.3 is 6.03 Å². The number of ether oxygens (including phenoxy) is 1. The van der Waals surface area contributed by atoms with Crippen LogP contribution in [0.4, 0.5) is 16.2 Å². The minimum absolute atomic E-state index is 0.0376. The van der Waals surface area contributed by atoms with E-state index < -0.39 is 0 Å². The second-order valence-electron chi connectivity index (χ2n) is 6.24. The third kappa shape index (κ3) is 6.36. The fourth-order valence-corrected chi connectivity index (χ4v) is 3.33. The lowest BCUT2D eigenvalue weighted by molar-refractivity contribution is -0.120. The van der Waals surface area contributed by atoms with Crippen LogP contribution in [0.2, 0.25) is 0 Å². The number of carbonyl (C=O) groups excluding carboxylic acids is 2. The molecule has 0 unspecified atom stereocenters. The summed E-state index contributed by atoms with van der Waals surface area (Å²) in [5.74, 6) is 0.582. The van der Waals surface area contributed by atoms with E-state index >= 15 is 0 Å². The van der Waals surface area contributed by atoms with Crippen LogP contribution < -0.4 is 20.7 Å². The first-order chi connectivity index (χ1) is 14.1. The molecular formula is C22H23N3O3S. The molecule has 0 spiro atoms. The number of nitrogens with one attached hydrogen (secondary N) is 3. The lowest BCUT2D eigenvalue weighted by Crippen LogP contribution is -2.24. The van der Waals surface area contributed by atoms with Crippen LogP contribution in [0.5, 0.6) is 5.75 Å². The number of carbonyl (C=O) groups is 2. The first kappa shape index (κ1) is 20.4. The molecule has 2 aromatic carbocycles. The van der Waals surface area contributed by atoms with Gasteiger partial charge in [0.2, 0.25) is 5.91 Å². The van der Waals surface area contributed by atoms with Crippen molar-refractivity contribution in [3.05, 3.63) is 76.5 Å². The van der Waals surface area contributed by atoms with Crippen LogP contribution in [-0.4, -0.2) is 18.5 Å². The molecule has 0 saturated heterocycles. The first-order valence-electron chi connectivity index (χ1n) is 9.32. The molecular weight excluding hydrogens is 386 g/mol. The van der Waals surface area contributed by atoms with Crippen molar-refractivity contribution >= 4 is 34.6 Å². The van der Waals surface area contributed by atoms with E-state index in [0.717, 1.165) is 10.4 Å². The van der Waals surface area contributed by atoms with Crippen LogP contribution in [0.3, 0.4) is 0 Å². The maximum Gasteiger partial charge on any atom is 0.323 e. The molecule has 1 heterocycles. The Labute approximate surface area is 173 Å². The molecule has 3 amide bonds. The summed E-state index contributed by atoms with van der Waals surface area (Å²) in [5.41, 5.74) is 2.12. The fourth-order valence-electron chi connectivity index (χ4n) is 2.69. The lowest BCUT2D eigenvalue weighted by atomic mass is 10.1. The smallest absolute Gasteiger partial charge is 0.323 e. The molecule has 1 aromatic heterocycles. The number of thiophene rings is 1. The zero-order chi connectivity index (χ0) is 20.5. The summed E-state index contributed by atoms with van der Waals surface area (Å²) in [5, 5.41) is 10.4. The second kappa shape index (κ2) is 10.3. The van der Waals surface area contributed by atoms with Gasteiger partial charge in [0.05, 0.1) is 25.3 Å². The van der Waals surface area contributed by atoms with E-state index in [0.29, 0.717) is 36.7 Å². The van der Waals surface area contributed by atoms with Crippen LogP contribution in [0.1, 0.15) is 17.4 Å². The van der Waals surface area contributed by atoms with Crippen molar-refractivity contribution in [3.63, 3.8) is 0 Å². The molecule has 0 radical (unpaired) electrons. The van der Waals surface area contributed by atoms with Crippen molar-refractivity contribution in [2.45, 2.75) is 19.9 Å². The summed E-state index contributed by atoms with van der Waals surface area (Å²) < 4.78 is 5.50. The largest absolute Gasteiger partial charge is 0.492 e. The van der Waals surface area contributed by atoms with E-state index in [-0.39, 0.29) is 11.9 Å². The number of hydrogen-bond donors (Lipinski definition) is 3. The molecule has 29 heavy (non-hydrogen) atoms. The van der Waals surface area contributed by atoms with Gasteiger partial charge in [0.25, 0.3) is 0 Å². The zero-order valence-electron chi connectivity index (χ0n) is 16.1. The van der Waals surface area contributed by atoms with Crippen LogP contribution in [-0.2, 0) is 17.8 Å². The first-order valence-corrected chi connectivity index (χ1v) is 10.2. The van der Waals surface area contributed by atoms with Gasteiger partial charge in [-0.15, -0.1) is 11.3 Å². The van der Waals surface area contributed by atoms with Crippen molar-refractivity contribution in [2.24, 2.45) is 0 Å². The SMILES string of the molecule is CCOc1ccccc1NC(=O)Nc1ccc(CC(=O)NCc2cccs2)cc1. The Morgan fingerprint density at radius 2 is 1.76 bits per heavy atom. The second-order valence-corrected chi connectivity index (χ2v) is 7.27. The number of anilines is 2. The summed E-state index contributed by atoms with van der Waals surface area (Å²) >= 11 is 1.61. The number of amides is 3. The number of rotatable bonds is 8. The average Bonchev–Trinajstić information content (AvgIpc) is 3.23. The van der Waals surface area contributed by atoms with Crippen molar-refractivity contribution in [3.8, 4) is 5.75 Å². The highest BCUT2D eigenvalue weighted by Crippen LogP contribution is 2.24. The summed E-state index contributed by atoms with van der Waals surface area (Å²) in [7, 11) is 0. The minimum atomic E-state index is -0.362. The van der Waals surface area contributed by atoms with Crippen molar-refractivity contribution < 1.29 is 14.3 Å². The highest BCUT2D eigenvalue weighted by molar-refractivity contribution is 7.09. The van der Waals surface area contributed by atoms with E-state index in [1.165, 1.54) is 0 Å². The van der Waals surface area contributed by atoms with Gasteiger partial charge in [-0.1, -0.05) is 30.3 Å². The number of benzene rings is 2. The molecule has 0 aliphatic carbocycles. The fraction of sp³-hybridized carbons (Fsp3) is 0.182. The predicted octanol–water partition coefficient (Wildman–Crippen LogP) is 4.65. The van der Waals surface area contributed by atoms with Crippen molar-refractivity contribution in [1.82, 2.24) is 5.32 Å². The number of urea groups is 1. The number of para-hydroxylation sites is 2. The van der Waals surface area contributed by atoms with Gasteiger partial charge in [-0.25, -0.2) is 4.79 Å². The molecule has 0 aliphatic rings. The maximum absolute atomic E-state index is 12.3. The number of hydrogen-bond acceptors (Lipinski definition) is 4. The summed E-state index contributed by atoms with van der Waals surface area (Å²) in [6.07, 6.45) is 0.291. The van der Waals surface area contributed by atoms with Gasteiger partial charge < -0.3 is 20.7 Å². The summed E-state index contributed by atoms with van der Waals surface area (Å²) in [4.78, 5) is 25.4. The predicted molar refractivity (Wildman–Crippen MR) is 117 cm³/mol. The lowest BCUT2D eigenvalue weighted by Gasteiger charge is -2.12. The van der Waals surface area contributed by atoms with Crippen molar-refractivity contribution in [2.75, 3.05) is 17.2 Å².